The highest BCUT2D eigenvalue weighted by Gasteiger charge is 2.27. The van der Waals surface area contributed by atoms with Crippen LogP contribution in [0.25, 0.3) is 11.3 Å². The van der Waals surface area contributed by atoms with Gasteiger partial charge in [0.15, 0.2) is 0 Å². The monoisotopic (exact) mass is 231 g/mol. The Morgan fingerprint density at radius 1 is 1.38 bits per heavy atom. The van der Waals surface area contributed by atoms with Crippen molar-refractivity contribution in [3.63, 3.8) is 0 Å². The first-order chi connectivity index (χ1) is 7.74. The summed E-state index contributed by atoms with van der Waals surface area (Å²) in [7, 11) is 0. The summed E-state index contributed by atoms with van der Waals surface area (Å²) in [6, 6.07) is 3.96. The van der Waals surface area contributed by atoms with Gasteiger partial charge in [-0.2, -0.15) is 0 Å². The summed E-state index contributed by atoms with van der Waals surface area (Å²) < 4.78 is 0. The molecule has 1 aliphatic rings. The second kappa shape index (κ2) is 3.56. The van der Waals surface area contributed by atoms with Crippen LogP contribution in [0.1, 0.15) is 29.5 Å². The van der Waals surface area contributed by atoms with Gasteiger partial charge in [-0.05, 0) is 31.2 Å². The van der Waals surface area contributed by atoms with E-state index in [4.69, 9.17) is 5.73 Å². The van der Waals surface area contributed by atoms with Crippen LogP contribution in [0.5, 0.6) is 0 Å². The van der Waals surface area contributed by atoms with E-state index in [-0.39, 0.29) is 0 Å². The van der Waals surface area contributed by atoms with Crippen molar-refractivity contribution in [2.24, 2.45) is 0 Å². The fourth-order valence-corrected chi connectivity index (χ4v) is 2.51. The Hall–Kier alpha value is -1.42. The molecule has 0 spiro atoms. The lowest BCUT2D eigenvalue weighted by atomic mass is 10.2. The van der Waals surface area contributed by atoms with Crippen LogP contribution in [0, 0.1) is 6.92 Å². The maximum absolute atomic E-state index is 5.83. The van der Waals surface area contributed by atoms with E-state index >= 15 is 0 Å². The summed E-state index contributed by atoms with van der Waals surface area (Å²) >= 11 is 1.73. The zero-order chi connectivity index (χ0) is 11.1. The Balaban J connectivity index is 2.10. The zero-order valence-electron chi connectivity index (χ0n) is 9.10. The molecule has 16 heavy (non-hydrogen) atoms. The first-order valence-electron chi connectivity index (χ1n) is 5.43. The highest BCUT2D eigenvalue weighted by atomic mass is 32.1. The number of hydrogen-bond acceptors (Lipinski definition) is 4. The zero-order valence-corrected chi connectivity index (χ0v) is 9.92. The molecular formula is C12H13N3S. The SMILES string of the molecule is Cc1sccc1-c1cc(N)nc(C2CC2)n1. The van der Waals surface area contributed by atoms with Gasteiger partial charge in [0.05, 0.1) is 5.69 Å². The molecule has 1 saturated carbocycles. The second-order valence-corrected chi connectivity index (χ2v) is 5.32. The summed E-state index contributed by atoms with van der Waals surface area (Å²) in [5.74, 6) is 2.04. The summed E-state index contributed by atoms with van der Waals surface area (Å²) in [5.41, 5.74) is 7.98. The highest BCUT2D eigenvalue weighted by molar-refractivity contribution is 7.10. The molecule has 3 nitrogen and oxygen atoms in total. The van der Waals surface area contributed by atoms with E-state index < -0.39 is 0 Å². The Morgan fingerprint density at radius 3 is 2.81 bits per heavy atom. The van der Waals surface area contributed by atoms with Crippen molar-refractivity contribution in [1.82, 2.24) is 9.97 Å². The number of nitrogens with two attached hydrogens (primary N) is 1. The Bertz CT molecular complexity index is 529. The molecule has 2 aromatic heterocycles. The first-order valence-corrected chi connectivity index (χ1v) is 6.31. The van der Waals surface area contributed by atoms with Gasteiger partial charge in [0, 0.05) is 22.4 Å². The minimum atomic E-state index is 0.543. The molecule has 3 rings (SSSR count). The van der Waals surface area contributed by atoms with Gasteiger partial charge >= 0.3 is 0 Å². The van der Waals surface area contributed by atoms with Crippen molar-refractivity contribution in [3.8, 4) is 11.3 Å². The van der Waals surface area contributed by atoms with Crippen LogP contribution in [-0.4, -0.2) is 9.97 Å². The maximum atomic E-state index is 5.83. The molecule has 1 fully saturated rings. The third kappa shape index (κ3) is 1.69. The summed E-state index contributed by atoms with van der Waals surface area (Å²) in [5, 5.41) is 2.08. The van der Waals surface area contributed by atoms with Crippen LogP contribution < -0.4 is 5.73 Å². The number of aromatic nitrogens is 2. The summed E-state index contributed by atoms with van der Waals surface area (Å²) in [6.07, 6.45) is 2.40. The fraction of sp³-hybridized carbons (Fsp3) is 0.333. The van der Waals surface area contributed by atoms with E-state index in [0.717, 1.165) is 11.5 Å². The number of nitrogens with zero attached hydrogens (tertiary/aromatic N) is 2. The average molecular weight is 231 g/mol. The van der Waals surface area contributed by atoms with Crippen LogP contribution in [-0.2, 0) is 0 Å². The van der Waals surface area contributed by atoms with Crippen LogP contribution >= 0.6 is 11.3 Å². The van der Waals surface area contributed by atoms with Gasteiger partial charge in [-0.15, -0.1) is 11.3 Å². The quantitative estimate of drug-likeness (QED) is 0.864. The number of anilines is 1. The molecule has 0 radical (unpaired) electrons. The molecule has 0 aliphatic heterocycles. The van der Waals surface area contributed by atoms with Gasteiger partial charge in [0.2, 0.25) is 0 Å². The maximum Gasteiger partial charge on any atom is 0.134 e. The lowest BCUT2D eigenvalue weighted by Gasteiger charge is -2.04. The van der Waals surface area contributed by atoms with Crippen molar-refractivity contribution in [1.29, 1.82) is 0 Å². The van der Waals surface area contributed by atoms with Gasteiger partial charge in [0.1, 0.15) is 11.6 Å². The largest absolute Gasteiger partial charge is 0.384 e. The number of hydrogen-bond donors (Lipinski definition) is 1. The molecule has 2 N–H and O–H groups in total. The Morgan fingerprint density at radius 2 is 2.19 bits per heavy atom. The summed E-state index contributed by atoms with van der Waals surface area (Å²) in [4.78, 5) is 10.2. The van der Waals surface area contributed by atoms with E-state index in [1.165, 1.54) is 23.3 Å². The van der Waals surface area contributed by atoms with Crippen molar-refractivity contribution in [2.75, 3.05) is 5.73 Å². The Kier molecular flexibility index (Phi) is 2.17. The molecule has 2 aromatic rings. The molecule has 82 valence electrons. The molecular weight excluding hydrogens is 218 g/mol. The predicted molar refractivity (Wildman–Crippen MR) is 66.5 cm³/mol. The standard InChI is InChI=1S/C12H13N3S/c1-7-9(4-5-16-7)10-6-11(13)15-12(14-10)8-2-3-8/h4-6,8H,2-3H2,1H3,(H2,13,14,15). The number of aryl methyl sites for hydroxylation is 1. The Labute approximate surface area is 98.4 Å². The normalized spacial score (nSPS) is 15.3. The molecule has 2 heterocycles. The van der Waals surface area contributed by atoms with Crippen molar-refractivity contribution in [2.45, 2.75) is 25.7 Å². The molecule has 0 amide bonds. The van der Waals surface area contributed by atoms with Gasteiger partial charge < -0.3 is 5.73 Å². The van der Waals surface area contributed by atoms with Gasteiger partial charge in [-0.1, -0.05) is 0 Å². The minimum absolute atomic E-state index is 0.543. The van der Waals surface area contributed by atoms with Gasteiger partial charge in [-0.25, -0.2) is 9.97 Å². The smallest absolute Gasteiger partial charge is 0.134 e. The third-order valence-electron chi connectivity index (χ3n) is 2.84. The predicted octanol–water partition coefficient (Wildman–Crippen LogP) is 2.97. The lowest BCUT2D eigenvalue weighted by molar-refractivity contribution is 0.936. The third-order valence-corrected chi connectivity index (χ3v) is 3.69. The summed E-state index contributed by atoms with van der Waals surface area (Å²) in [6.45, 7) is 2.11. The van der Waals surface area contributed by atoms with E-state index in [9.17, 15) is 0 Å². The topological polar surface area (TPSA) is 51.8 Å². The molecule has 1 aliphatic carbocycles. The molecule has 0 saturated heterocycles. The van der Waals surface area contributed by atoms with E-state index in [2.05, 4.69) is 28.3 Å². The number of rotatable bonds is 2. The average Bonchev–Trinajstić information content (AvgIpc) is 3.01. The van der Waals surface area contributed by atoms with Crippen molar-refractivity contribution in [3.05, 3.63) is 28.2 Å². The molecule has 0 bridgehead atoms. The van der Waals surface area contributed by atoms with E-state index in [1.54, 1.807) is 11.3 Å². The van der Waals surface area contributed by atoms with Crippen molar-refractivity contribution >= 4 is 17.2 Å². The number of thiophene rings is 1. The highest BCUT2D eigenvalue weighted by Crippen LogP contribution is 2.39. The first kappa shape index (κ1) is 9.78. The van der Waals surface area contributed by atoms with E-state index in [0.29, 0.717) is 11.7 Å². The van der Waals surface area contributed by atoms with Crippen LogP contribution in [0.2, 0.25) is 0 Å². The van der Waals surface area contributed by atoms with E-state index in [1.807, 2.05) is 6.07 Å². The number of nitrogen functional groups attached to an aromatic ring is 1. The molecule has 4 heteroatoms. The lowest BCUT2D eigenvalue weighted by Crippen LogP contribution is -1.99. The molecule has 0 atom stereocenters. The van der Waals surface area contributed by atoms with Crippen LogP contribution in [0.4, 0.5) is 5.82 Å². The van der Waals surface area contributed by atoms with Crippen LogP contribution in [0.3, 0.4) is 0 Å². The minimum Gasteiger partial charge on any atom is -0.384 e. The second-order valence-electron chi connectivity index (χ2n) is 4.20. The van der Waals surface area contributed by atoms with Gasteiger partial charge in [-0.3, -0.25) is 0 Å². The molecule has 0 unspecified atom stereocenters. The van der Waals surface area contributed by atoms with Crippen molar-refractivity contribution < 1.29 is 0 Å². The van der Waals surface area contributed by atoms with Crippen LogP contribution in [0.15, 0.2) is 17.5 Å². The van der Waals surface area contributed by atoms with Gasteiger partial charge in [0.25, 0.3) is 0 Å². The molecule has 0 aromatic carbocycles. The fourth-order valence-electron chi connectivity index (χ4n) is 1.80.